The number of anilines is 1. The number of fused-ring (bicyclic) bond motifs is 1. The van der Waals surface area contributed by atoms with E-state index in [0.29, 0.717) is 0 Å². The van der Waals surface area contributed by atoms with Crippen molar-refractivity contribution in [1.29, 1.82) is 0 Å². The Kier molecular flexibility index (Phi) is 3.50. The minimum atomic E-state index is 0.928. The zero-order valence-corrected chi connectivity index (χ0v) is 14.2. The van der Waals surface area contributed by atoms with Gasteiger partial charge in [-0.1, -0.05) is 30.4 Å². The van der Waals surface area contributed by atoms with E-state index in [1.165, 1.54) is 32.6 Å². The van der Waals surface area contributed by atoms with E-state index in [4.69, 9.17) is 0 Å². The van der Waals surface area contributed by atoms with E-state index in [-0.39, 0.29) is 0 Å². The highest BCUT2D eigenvalue weighted by molar-refractivity contribution is 7.09. The van der Waals surface area contributed by atoms with Crippen molar-refractivity contribution in [3.8, 4) is 11.3 Å². The lowest BCUT2D eigenvalue weighted by molar-refractivity contribution is -0.588. The van der Waals surface area contributed by atoms with Gasteiger partial charge in [0, 0.05) is 18.4 Å². The van der Waals surface area contributed by atoms with Crippen molar-refractivity contribution in [3.05, 3.63) is 72.5 Å². The second-order valence-corrected chi connectivity index (χ2v) is 6.98. The largest absolute Gasteiger partial charge is 0.344 e. The second-order valence-electron chi connectivity index (χ2n) is 5.81. The molecule has 1 aliphatic heterocycles. The van der Waals surface area contributed by atoms with Gasteiger partial charge < -0.3 is 4.90 Å². The summed E-state index contributed by atoms with van der Waals surface area (Å²) in [5.41, 5.74) is 5.22. The highest BCUT2D eigenvalue weighted by Crippen LogP contribution is 2.35. The van der Waals surface area contributed by atoms with Crippen LogP contribution in [-0.4, -0.2) is 6.54 Å². The Hall–Kier alpha value is -2.39. The normalized spacial score (nSPS) is 13.9. The van der Waals surface area contributed by atoms with Crippen molar-refractivity contribution < 1.29 is 3.96 Å². The van der Waals surface area contributed by atoms with Crippen LogP contribution in [-0.2, 0) is 7.05 Å². The molecule has 0 N–H and O–H groups in total. The van der Waals surface area contributed by atoms with Gasteiger partial charge in [-0.15, -0.1) is 3.96 Å². The maximum absolute atomic E-state index is 2.30. The number of allylic oxidation sites excluding steroid dienone is 2. The van der Waals surface area contributed by atoms with E-state index in [1.807, 2.05) is 0 Å². The molecule has 114 valence electrons. The standard InChI is InChI=1S/C20H19N2S/c1-15-16(10-8-11-18(15)22-13-6-3-7-14-22)20-17-9-4-5-12-19(17)23-21(20)2/h3-13H,14H2,1-2H3/q+1. The number of rotatable bonds is 2. The molecular formula is C20H19N2S+. The molecule has 1 aromatic heterocycles. The number of aromatic nitrogens is 1. The van der Waals surface area contributed by atoms with Gasteiger partial charge in [-0.05, 0) is 42.8 Å². The van der Waals surface area contributed by atoms with Crippen LogP contribution in [0.15, 0.2) is 66.9 Å². The third-order valence-corrected chi connectivity index (χ3v) is 5.39. The summed E-state index contributed by atoms with van der Waals surface area (Å²) in [6.45, 7) is 3.15. The minimum absolute atomic E-state index is 0.928. The van der Waals surface area contributed by atoms with E-state index in [9.17, 15) is 0 Å². The molecule has 0 bridgehead atoms. The zero-order chi connectivity index (χ0) is 15.8. The molecule has 0 atom stereocenters. The Balaban J connectivity index is 1.90. The van der Waals surface area contributed by atoms with E-state index >= 15 is 0 Å². The van der Waals surface area contributed by atoms with Crippen LogP contribution in [0.3, 0.4) is 0 Å². The summed E-state index contributed by atoms with van der Waals surface area (Å²) in [7, 11) is 2.15. The Morgan fingerprint density at radius 1 is 1.04 bits per heavy atom. The molecule has 4 rings (SSSR count). The van der Waals surface area contributed by atoms with Gasteiger partial charge in [0.25, 0.3) is 0 Å². The summed E-state index contributed by atoms with van der Waals surface area (Å²) in [5.74, 6) is 0. The lowest BCUT2D eigenvalue weighted by Crippen LogP contribution is -2.25. The number of nitrogens with zero attached hydrogens (tertiary/aromatic N) is 2. The van der Waals surface area contributed by atoms with Gasteiger partial charge >= 0.3 is 0 Å². The average Bonchev–Trinajstić information content (AvgIpc) is 2.92. The third kappa shape index (κ3) is 2.37. The average molecular weight is 319 g/mol. The van der Waals surface area contributed by atoms with Crippen LogP contribution in [0.25, 0.3) is 21.3 Å². The Labute approximate surface area is 140 Å². The highest BCUT2D eigenvalue weighted by Gasteiger charge is 2.22. The molecule has 0 radical (unpaired) electrons. The number of aryl methyl sites for hydroxylation is 1. The predicted molar refractivity (Wildman–Crippen MR) is 98.8 cm³/mol. The minimum Gasteiger partial charge on any atom is -0.344 e. The van der Waals surface area contributed by atoms with Gasteiger partial charge in [0.05, 0.1) is 10.9 Å². The van der Waals surface area contributed by atoms with Crippen molar-refractivity contribution in [2.45, 2.75) is 6.92 Å². The SMILES string of the molecule is Cc1c(-c2c3ccccc3s[n+]2C)cccc1N1C=CC=CC1. The lowest BCUT2D eigenvalue weighted by atomic mass is 10.0. The summed E-state index contributed by atoms with van der Waals surface area (Å²) in [5, 5.41) is 1.33. The van der Waals surface area contributed by atoms with Crippen molar-refractivity contribution >= 4 is 27.3 Å². The number of hydrogen-bond donors (Lipinski definition) is 0. The van der Waals surface area contributed by atoms with Gasteiger partial charge in [0.2, 0.25) is 5.69 Å². The first-order valence-corrected chi connectivity index (χ1v) is 8.61. The second kappa shape index (κ2) is 5.67. The fourth-order valence-electron chi connectivity index (χ4n) is 3.26. The topological polar surface area (TPSA) is 7.12 Å². The first-order valence-electron chi connectivity index (χ1n) is 7.84. The van der Waals surface area contributed by atoms with E-state index in [2.05, 4.69) is 89.7 Å². The van der Waals surface area contributed by atoms with Gasteiger partial charge in [-0.25, -0.2) is 0 Å². The molecule has 2 heterocycles. The van der Waals surface area contributed by atoms with Crippen LogP contribution < -0.4 is 8.86 Å². The van der Waals surface area contributed by atoms with Crippen LogP contribution in [0.2, 0.25) is 0 Å². The molecular weight excluding hydrogens is 300 g/mol. The van der Waals surface area contributed by atoms with Gasteiger partial charge in [-0.3, -0.25) is 0 Å². The molecule has 0 aliphatic carbocycles. The van der Waals surface area contributed by atoms with Crippen LogP contribution in [0.5, 0.6) is 0 Å². The lowest BCUT2D eigenvalue weighted by Gasteiger charge is -2.23. The molecule has 0 fully saturated rings. The van der Waals surface area contributed by atoms with Crippen molar-refractivity contribution in [2.75, 3.05) is 11.4 Å². The molecule has 2 aromatic carbocycles. The van der Waals surface area contributed by atoms with Crippen molar-refractivity contribution in [2.24, 2.45) is 7.05 Å². The van der Waals surface area contributed by atoms with Gasteiger partial charge in [0.15, 0.2) is 7.05 Å². The Morgan fingerprint density at radius 3 is 2.74 bits per heavy atom. The fraction of sp³-hybridized carbons (Fsp3) is 0.150. The van der Waals surface area contributed by atoms with Gasteiger partial charge in [-0.2, -0.15) is 0 Å². The number of benzene rings is 2. The van der Waals surface area contributed by atoms with Crippen LogP contribution >= 0.6 is 11.5 Å². The maximum Gasteiger partial charge on any atom is 0.235 e. The monoisotopic (exact) mass is 319 g/mol. The molecule has 23 heavy (non-hydrogen) atoms. The van der Waals surface area contributed by atoms with E-state index in [1.54, 1.807) is 11.5 Å². The maximum atomic E-state index is 2.30. The molecule has 3 heteroatoms. The summed E-state index contributed by atoms with van der Waals surface area (Å²) in [4.78, 5) is 2.30. The van der Waals surface area contributed by atoms with Crippen molar-refractivity contribution in [1.82, 2.24) is 0 Å². The fourth-order valence-corrected chi connectivity index (χ4v) is 4.24. The molecule has 0 unspecified atom stereocenters. The molecule has 2 nitrogen and oxygen atoms in total. The Bertz CT molecular complexity index is 934. The first-order chi connectivity index (χ1) is 11.3. The molecule has 0 spiro atoms. The molecule has 0 amide bonds. The molecule has 0 saturated carbocycles. The predicted octanol–water partition coefficient (Wildman–Crippen LogP) is 4.59. The highest BCUT2D eigenvalue weighted by atomic mass is 32.1. The van der Waals surface area contributed by atoms with Crippen LogP contribution in [0, 0.1) is 6.92 Å². The number of hydrogen-bond acceptors (Lipinski definition) is 2. The van der Waals surface area contributed by atoms with Gasteiger partial charge in [0.1, 0.15) is 16.2 Å². The molecule has 1 aliphatic rings. The summed E-state index contributed by atoms with van der Waals surface area (Å²) >= 11 is 1.80. The zero-order valence-electron chi connectivity index (χ0n) is 13.4. The Morgan fingerprint density at radius 2 is 1.91 bits per heavy atom. The van der Waals surface area contributed by atoms with Crippen LogP contribution in [0.4, 0.5) is 5.69 Å². The summed E-state index contributed by atoms with van der Waals surface area (Å²) < 4.78 is 3.61. The van der Waals surface area contributed by atoms with Crippen LogP contribution in [0.1, 0.15) is 5.56 Å². The summed E-state index contributed by atoms with van der Waals surface area (Å²) in [6, 6.07) is 15.2. The first kappa shape index (κ1) is 14.2. The molecule has 0 saturated heterocycles. The van der Waals surface area contributed by atoms with E-state index in [0.717, 1.165) is 6.54 Å². The smallest absolute Gasteiger partial charge is 0.235 e. The molecule has 3 aromatic rings. The van der Waals surface area contributed by atoms with E-state index < -0.39 is 0 Å². The third-order valence-electron chi connectivity index (χ3n) is 4.38. The van der Waals surface area contributed by atoms with Crippen molar-refractivity contribution in [3.63, 3.8) is 0 Å². The summed E-state index contributed by atoms with van der Waals surface area (Å²) in [6.07, 6.45) is 8.53. The quantitative estimate of drug-likeness (QED) is 0.627.